The van der Waals surface area contributed by atoms with E-state index in [0.717, 1.165) is 99.8 Å². The summed E-state index contributed by atoms with van der Waals surface area (Å²) in [5.74, 6) is 3.07. The van der Waals surface area contributed by atoms with Crippen molar-refractivity contribution in [1.29, 1.82) is 0 Å². The fourth-order valence-electron chi connectivity index (χ4n) is 11.5. The number of hydrogen-bond donors (Lipinski definition) is 2. The van der Waals surface area contributed by atoms with Crippen LogP contribution < -0.4 is 11.1 Å². The van der Waals surface area contributed by atoms with Crippen LogP contribution in [0, 0.1) is 40.4 Å². The number of cyclic esters (lactones) is 1. The average molecular weight is 573 g/mol. The summed E-state index contributed by atoms with van der Waals surface area (Å²) < 4.78 is 12.7. The highest BCUT2D eigenvalue weighted by atomic mass is 16.6. The molecular formula is C36H48N2O4. The van der Waals surface area contributed by atoms with E-state index in [1.165, 1.54) is 42.4 Å². The van der Waals surface area contributed by atoms with Crippen LogP contribution >= 0.6 is 0 Å². The van der Waals surface area contributed by atoms with Gasteiger partial charge < -0.3 is 20.5 Å². The fourth-order valence-corrected chi connectivity index (χ4v) is 11.5. The van der Waals surface area contributed by atoms with Gasteiger partial charge in [-0.25, -0.2) is 9.59 Å². The Balaban J connectivity index is 1.30. The van der Waals surface area contributed by atoms with Crippen molar-refractivity contribution in [3.8, 4) is 0 Å². The standard InChI is InChI=1S/C36H48N2O4/c1-3-5-8-26-36-15-11-22(23(31(36)34(40)41-26)17-20-12-16-38-27(37)18-20)24-19-21-9-10-25(35(4-2)13-6-7-14-35)32-28(21)29(30(24)36)33(39)42-32/h8,20-22,24,27,30,38H,3-7,9-19,37H2,1-2H3. The van der Waals surface area contributed by atoms with Crippen LogP contribution in [0.15, 0.2) is 45.5 Å². The minimum Gasteiger partial charge on any atom is -0.427 e. The smallest absolute Gasteiger partial charge is 0.340 e. The number of nitrogens with two attached hydrogens (primary N) is 1. The van der Waals surface area contributed by atoms with Crippen molar-refractivity contribution in [3.63, 3.8) is 0 Å². The molecule has 4 fully saturated rings. The Morgan fingerprint density at radius 1 is 1.00 bits per heavy atom. The lowest BCUT2D eigenvalue weighted by Gasteiger charge is -2.58. The number of carbonyl (C=O) groups is 2. The summed E-state index contributed by atoms with van der Waals surface area (Å²) in [7, 11) is 0. The summed E-state index contributed by atoms with van der Waals surface area (Å²) in [5.41, 5.74) is 11.9. The van der Waals surface area contributed by atoms with Gasteiger partial charge in [-0.1, -0.05) is 38.7 Å². The van der Waals surface area contributed by atoms with Crippen LogP contribution in [0.25, 0.3) is 0 Å². The molecule has 6 heteroatoms. The molecule has 0 amide bonds. The third kappa shape index (κ3) is 3.63. The molecule has 0 aromatic carbocycles. The molecule has 9 aliphatic rings. The molecule has 3 N–H and O–H groups in total. The molecule has 6 aliphatic carbocycles. The zero-order chi connectivity index (χ0) is 28.8. The second-order valence-electron chi connectivity index (χ2n) is 14.9. The molecule has 0 radical (unpaired) electrons. The summed E-state index contributed by atoms with van der Waals surface area (Å²) in [6.07, 6.45) is 18.4. The minimum atomic E-state index is -0.523. The lowest BCUT2D eigenvalue weighted by atomic mass is 9.43. The zero-order valence-corrected chi connectivity index (χ0v) is 25.6. The van der Waals surface area contributed by atoms with Crippen molar-refractivity contribution in [2.75, 3.05) is 6.54 Å². The second-order valence-corrected chi connectivity index (χ2v) is 14.9. The van der Waals surface area contributed by atoms with Gasteiger partial charge >= 0.3 is 11.9 Å². The van der Waals surface area contributed by atoms with Crippen molar-refractivity contribution in [3.05, 3.63) is 45.5 Å². The maximum Gasteiger partial charge on any atom is 0.340 e. The number of unbranched alkanes of at least 4 members (excludes halogenated alkanes) is 1. The van der Waals surface area contributed by atoms with Gasteiger partial charge in [-0.2, -0.15) is 0 Å². The third-order valence-corrected chi connectivity index (χ3v) is 13.2. The molecule has 2 saturated heterocycles. The number of rotatable bonds is 6. The Bertz CT molecular complexity index is 1350. The lowest BCUT2D eigenvalue weighted by molar-refractivity contribution is -0.135. The second kappa shape index (κ2) is 9.92. The first-order chi connectivity index (χ1) is 20.4. The van der Waals surface area contributed by atoms with Gasteiger partial charge in [0, 0.05) is 17.1 Å². The van der Waals surface area contributed by atoms with Crippen LogP contribution in [0.4, 0.5) is 0 Å². The van der Waals surface area contributed by atoms with Gasteiger partial charge in [0.25, 0.3) is 0 Å². The first-order valence-corrected chi connectivity index (χ1v) is 17.3. The number of carbonyl (C=O) groups excluding carboxylic acids is 2. The average Bonchev–Trinajstić information content (AvgIpc) is 3.69. The summed E-state index contributed by atoms with van der Waals surface area (Å²) in [6, 6.07) is 0. The highest BCUT2D eigenvalue weighted by Crippen LogP contribution is 2.72. The molecule has 6 nitrogen and oxygen atoms in total. The maximum atomic E-state index is 14.2. The topological polar surface area (TPSA) is 90.7 Å². The summed E-state index contributed by atoms with van der Waals surface area (Å²) >= 11 is 0. The van der Waals surface area contributed by atoms with E-state index < -0.39 is 5.41 Å². The molecular weight excluding hydrogens is 524 g/mol. The number of nitrogens with one attached hydrogen (secondary N) is 1. The van der Waals surface area contributed by atoms with Gasteiger partial charge in [0.05, 0.1) is 17.2 Å². The molecule has 7 unspecified atom stereocenters. The predicted octanol–water partition coefficient (Wildman–Crippen LogP) is 6.73. The highest BCUT2D eigenvalue weighted by molar-refractivity contribution is 6.00. The molecule has 3 heterocycles. The minimum absolute atomic E-state index is 0.0170. The van der Waals surface area contributed by atoms with Gasteiger partial charge in [0.15, 0.2) is 0 Å². The quantitative estimate of drug-likeness (QED) is 0.343. The molecule has 0 aromatic heterocycles. The van der Waals surface area contributed by atoms with Crippen LogP contribution in [0.3, 0.4) is 0 Å². The molecule has 2 bridgehead atoms. The zero-order valence-electron chi connectivity index (χ0n) is 25.6. The van der Waals surface area contributed by atoms with Crippen LogP contribution in [-0.2, 0) is 19.1 Å². The van der Waals surface area contributed by atoms with E-state index in [4.69, 9.17) is 15.2 Å². The molecule has 0 aromatic rings. The normalized spacial score (nSPS) is 40.9. The first kappa shape index (κ1) is 27.4. The van der Waals surface area contributed by atoms with E-state index in [9.17, 15) is 9.59 Å². The number of hydrogen-bond acceptors (Lipinski definition) is 6. The molecule has 42 heavy (non-hydrogen) atoms. The Morgan fingerprint density at radius 3 is 2.60 bits per heavy atom. The fraction of sp³-hybridized carbons (Fsp3) is 0.722. The van der Waals surface area contributed by atoms with Crippen molar-refractivity contribution in [2.24, 2.45) is 46.2 Å². The predicted molar refractivity (Wildman–Crippen MR) is 160 cm³/mol. The SMILES string of the molecule is CCCC=C1OC(=O)C2=C(CC3CCNC(N)C3)C3CCC12C1C2=C4C(=C(C5(CC)CCCC5)CCC4CC31)OC2=O. The van der Waals surface area contributed by atoms with Crippen LogP contribution in [0.2, 0.25) is 0 Å². The van der Waals surface area contributed by atoms with Crippen molar-refractivity contribution < 1.29 is 19.1 Å². The number of fused-ring (bicyclic) bond motifs is 1. The molecule has 7 atom stereocenters. The van der Waals surface area contributed by atoms with Crippen LogP contribution in [0.5, 0.6) is 0 Å². The van der Waals surface area contributed by atoms with Gasteiger partial charge in [0.1, 0.15) is 11.5 Å². The summed E-state index contributed by atoms with van der Waals surface area (Å²) in [5, 5.41) is 3.40. The lowest BCUT2D eigenvalue weighted by Crippen LogP contribution is -2.54. The monoisotopic (exact) mass is 572 g/mol. The van der Waals surface area contributed by atoms with Crippen molar-refractivity contribution in [2.45, 2.75) is 116 Å². The molecule has 226 valence electrons. The molecule has 3 aliphatic heterocycles. The highest BCUT2D eigenvalue weighted by Gasteiger charge is 2.69. The Kier molecular flexibility index (Phi) is 6.46. The largest absolute Gasteiger partial charge is 0.427 e. The van der Waals surface area contributed by atoms with Gasteiger partial charge in [-0.05, 0) is 124 Å². The number of esters is 2. The van der Waals surface area contributed by atoms with E-state index in [1.54, 1.807) is 0 Å². The van der Waals surface area contributed by atoms with Gasteiger partial charge in [-0.3, -0.25) is 0 Å². The summed E-state index contributed by atoms with van der Waals surface area (Å²) in [4.78, 5) is 28.1. The number of piperidine rings is 1. The van der Waals surface area contributed by atoms with Gasteiger partial charge in [-0.15, -0.1) is 0 Å². The third-order valence-electron chi connectivity index (χ3n) is 13.2. The van der Waals surface area contributed by atoms with E-state index in [1.807, 2.05) is 0 Å². The van der Waals surface area contributed by atoms with Crippen molar-refractivity contribution in [1.82, 2.24) is 5.32 Å². The van der Waals surface area contributed by atoms with Crippen LogP contribution in [-0.4, -0.2) is 24.6 Å². The maximum absolute atomic E-state index is 14.2. The Morgan fingerprint density at radius 2 is 1.83 bits per heavy atom. The van der Waals surface area contributed by atoms with E-state index in [2.05, 4.69) is 25.2 Å². The Labute approximate surface area is 250 Å². The molecule has 1 spiro atoms. The van der Waals surface area contributed by atoms with E-state index in [0.29, 0.717) is 23.7 Å². The molecule has 9 rings (SSSR count). The van der Waals surface area contributed by atoms with Crippen molar-refractivity contribution >= 4 is 11.9 Å². The number of allylic oxidation sites excluding steroid dienone is 5. The van der Waals surface area contributed by atoms with Gasteiger partial charge in [0.2, 0.25) is 0 Å². The Hall–Kier alpha value is -2.18. The summed E-state index contributed by atoms with van der Waals surface area (Å²) in [6.45, 7) is 5.43. The first-order valence-electron chi connectivity index (χ1n) is 17.3. The van der Waals surface area contributed by atoms with Crippen LogP contribution in [0.1, 0.15) is 110 Å². The van der Waals surface area contributed by atoms with E-state index in [-0.39, 0.29) is 29.4 Å². The van der Waals surface area contributed by atoms with E-state index >= 15 is 0 Å². The molecule has 2 saturated carbocycles. The number of ether oxygens (including phenoxy) is 2.